The van der Waals surface area contributed by atoms with Crippen molar-refractivity contribution in [1.29, 1.82) is 0 Å². The van der Waals surface area contributed by atoms with Crippen LogP contribution in [0, 0.1) is 0 Å². The number of aromatic nitrogens is 3. The molecule has 1 N–H and O–H groups in total. The fraction of sp³-hybridized carbons (Fsp3) is 0.0377. The minimum atomic E-state index is 0.0430. The van der Waals surface area contributed by atoms with Crippen LogP contribution < -0.4 is 20.8 Å². The predicted molar refractivity (Wildman–Crippen MR) is 241 cm³/mol. The summed E-state index contributed by atoms with van der Waals surface area (Å²) in [6.45, 7) is 0. The van der Waals surface area contributed by atoms with E-state index in [1.165, 1.54) is 60.4 Å². The van der Waals surface area contributed by atoms with E-state index in [1.807, 2.05) is 18.5 Å². The highest BCUT2D eigenvalue weighted by Crippen LogP contribution is 2.45. The van der Waals surface area contributed by atoms with Crippen molar-refractivity contribution in [3.05, 3.63) is 204 Å². The molecule has 5 heterocycles. The van der Waals surface area contributed by atoms with Gasteiger partial charge in [-0.3, -0.25) is 4.57 Å². The van der Waals surface area contributed by atoms with Crippen molar-refractivity contribution >= 4 is 61.9 Å². The molecule has 1 aliphatic carbocycles. The molecule has 0 saturated heterocycles. The molecule has 3 aliphatic rings. The molecule has 0 bridgehead atoms. The van der Waals surface area contributed by atoms with Gasteiger partial charge in [0.15, 0.2) is 0 Å². The average Bonchev–Trinajstić information content (AvgIpc) is 3.83. The van der Waals surface area contributed by atoms with Gasteiger partial charge in [0.05, 0.1) is 27.8 Å². The third kappa shape index (κ3) is 4.93. The molecule has 0 radical (unpaired) electrons. The number of rotatable bonds is 5. The van der Waals surface area contributed by atoms with Crippen molar-refractivity contribution in [2.75, 3.05) is 4.90 Å². The molecule has 2 aliphatic heterocycles. The fourth-order valence-electron chi connectivity index (χ4n) is 9.44. The molecular formula is C53H37N5. The van der Waals surface area contributed by atoms with E-state index in [4.69, 9.17) is 4.98 Å². The first-order valence-electron chi connectivity index (χ1n) is 20.0. The Kier molecular flexibility index (Phi) is 7.29. The lowest BCUT2D eigenvalue weighted by molar-refractivity contribution is 0.738. The zero-order valence-corrected chi connectivity index (χ0v) is 31.6. The van der Waals surface area contributed by atoms with Gasteiger partial charge < -0.3 is 14.8 Å². The molecule has 3 aromatic heterocycles. The van der Waals surface area contributed by atoms with Crippen LogP contribution in [0.3, 0.4) is 0 Å². The molecule has 0 fully saturated rings. The van der Waals surface area contributed by atoms with Gasteiger partial charge in [-0.1, -0.05) is 115 Å². The molecular weight excluding hydrogens is 707 g/mol. The number of anilines is 2. The standard InChI is InChI=1S/C53H37N5/c1-3-13-35(14-4-1)36-23-26-38(27-24-36)56-50-29-25-37(33-45(50)44-19-12-32-55-53(44)56)40-15-7-9-21-47(40)58-49-20-6-2-5-16-42(49)46-34-39(28-30-51(46)58)57-48-22-10-8-17-41(48)43-18-11-31-54-52(43)57/h1-5,7-34,52,54H,6H2. The summed E-state index contributed by atoms with van der Waals surface area (Å²) in [5.41, 5.74) is 15.2. The second-order valence-electron chi connectivity index (χ2n) is 15.2. The normalized spacial score (nSPS) is 15.3. The Hall–Kier alpha value is -7.63. The van der Waals surface area contributed by atoms with Gasteiger partial charge in [0.2, 0.25) is 0 Å². The molecule has 0 saturated carbocycles. The highest BCUT2D eigenvalue weighted by atomic mass is 15.3. The van der Waals surface area contributed by atoms with Gasteiger partial charge in [0, 0.05) is 55.6 Å². The second kappa shape index (κ2) is 13.0. The summed E-state index contributed by atoms with van der Waals surface area (Å²) >= 11 is 0. The van der Waals surface area contributed by atoms with Crippen molar-refractivity contribution in [3.63, 3.8) is 0 Å². The van der Waals surface area contributed by atoms with Gasteiger partial charge in [0.1, 0.15) is 11.8 Å². The smallest absolute Gasteiger partial charge is 0.145 e. The SMILES string of the molecule is C1=CCC=c2c(c3cc(N4c5ccccc5C5=CC=CNC54)ccc3n2-c2ccccc2-c2ccc3c(c2)c2cccnc2n3-c2ccc(-c3ccccc3)cc2)=C1. The molecule has 5 heteroatoms. The number of fused-ring (bicyclic) bond motifs is 9. The molecule has 1 atom stereocenters. The molecule has 6 aromatic carbocycles. The van der Waals surface area contributed by atoms with Gasteiger partial charge >= 0.3 is 0 Å². The van der Waals surface area contributed by atoms with E-state index in [2.05, 4.69) is 201 Å². The second-order valence-corrected chi connectivity index (χ2v) is 15.2. The summed E-state index contributed by atoms with van der Waals surface area (Å²) in [6.07, 6.45) is 18.3. The largest absolute Gasteiger partial charge is 0.367 e. The van der Waals surface area contributed by atoms with Crippen LogP contribution in [0.1, 0.15) is 12.0 Å². The van der Waals surface area contributed by atoms with Gasteiger partial charge in [-0.05, 0) is 102 Å². The van der Waals surface area contributed by atoms with E-state index in [-0.39, 0.29) is 6.17 Å². The van der Waals surface area contributed by atoms with Gasteiger partial charge in [-0.15, -0.1) is 0 Å². The first-order valence-corrected chi connectivity index (χ1v) is 20.0. The van der Waals surface area contributed by atoms with Crippen LogP contribution in [0.5, 0.6) is 0 Å². The minimum Gasteiger partial charge on any atom is -0.367 e. The lowest BCUT2D eigenvalue weighted by Gasteiger charge is -2.29. The molecule has 274 valence electrons. The zero-order chi connectivity index (χ0) is 38.2. The lowest BCUT2D eigenvalue weighted by Crippen LogP contribution is -2.38. The third-order valence-electron chi connectivity index (χ3n) is 12.0. The van der Waals surface area contributed by atoms with Crippen LogP contribution in [0.25, 0.3) is 84.2 Å². The van der Waals surface area contributed by atoms with Crippen molar-refractivity contribution in [2.24, 2.45) is 0 Å². The van der Waals surface area contributed by atoms with E-state index in [0.717, 1.165) is 45.6 Å². The number of benzene rings is 6. The quantitative estimate of drug-likeness (QED) is 0.191. The first kappa shape index (κ1) is 32.6. The first-order chi connectivity index (χ1) is 28.8. The Morgan fingerprint density at radius 2 is 1.29 bits per heavy atom. The summed E-state index contributed by atoms with van der Waals surface area (Å²) in [5.74, 6) is 0. The maximum Gasteiger partial charge on any atom is 0.145 e. The van der Waals surface area contributed by atoms with Gasteiger partial charge in [0.25, 0.3) is 0 Å². The summed E-state index contributed by atoms with van der Waals surface area (Å²) in [5, 5.41) is 9.63. The predicted octanol–water partition coefficient (Wildman–Crippen LogP) is 11.0. The van der Waals surface area contributed by atoms with Crippen molar-refractivity contribution in [1.82, 2.24) is 19.4 Å². The van der Waals surface area contributed by atoms with Gasteiger partial charge in [-0.2, -0.15) is 0 Å². The average molecular weight is 744 g/mol. The number of para-hydroxylation sites is 2. The number of dihydropyridines is 1. The van der Waals surface area contributed by atoms with Gasteiger partial charge in [-0.25, -0.2) is 4.98 Å². The number of nitrogens with one attached hydrogen (secondary N) is 1. The van der Waals surface area contributed by atoms with Crippen molar-refractivity contribution in [3.8, 4) is 33.6 Å². The van der Waals surface area contributed by atoms with Crippen LogP contribution >= 0.6 is 0 Å². The monoisotopic (exact) mass is 743 g/mol. The molecule has 0 spiro atoms. The summed E-state index contributed by atoms with van der Waals surface area (Å²) < 4.78 is 4.77. The van der Waals surface area contributed by atoms with E-state index in [9.17, 15) is 0 Å². The number of hydrogen-bond acceptors (Lipinski definition) is 3. The minimum absolute atomic E-state index is 0.0430. The maximum atomic E-state index is 4.93. The van der Waals surface area contributed by atoms with E-state index < -0.39 is 0 Å². The van der Waals surface area contributed by atoms with Crippen LogP contribution in [0.15, 0.2) is 188 Å². The number of allylic oxidation sites excluding steroid dienone is 4. The Bertz CT molecular complexity index is 3340. The number of pyridine rings is 1. The molecule has 0 amide bonds. The Balaban J connectivity index is 1.01. The number of nitrogens with zero attached hydrogens (tertiary/aromatic N) is 4. The van der Waals surface area contributed by atoms with Crippen molar-refractivity contribution in [2.45, 2.75) is 12.6 Å². The Morgan fingerprint density at radius 3 is 2.19 bits per heavy atom. The fourth-order valence-corrected chi connectivity index (χ4v) is 9.44. The lowest BCUT2D eigenvalue weighted by atomic mass is 10.0. The summed E-state index contributed by atoms with van der Waals surface area (Å²) in [7, 11) is 0. The molecule has 9 aromatic rings. The van der Waals surface area contributed by atoms with Crippen LogP contribution in [-0.2, 0) is 0 Å². The van der Waals surface area contributed by atoms with E-state index >= 15 is 0 Å². The van der Waals surface area contributed by atoms with E-state index in [0.29, 0.717) is 0 Å². The van der Waals surface area contributed by atoms with Crippen LogP contribution in [-0.4, -0.2) is 20.3 Å². The molecule has 58 heavy (non-hydrogen) atoms. The molecule has 1 unspecified atom stereocenters. The zero-order valence-electron chi connectivity index (χ0n) is 31.6. The summed E-state index contributed by atoms with van der Waals surface area (Å²) in [4.78, 5) is 7.37. The highest BCUT2D eigenvalue weighted by Gasteiger charge is 2.35. The van der Waals surface area contributed by atoms with Crippen LogP contribution in [0.4, 0.5) is 11.4 Å². The number of hydrogen-bond donors (Lipinski definition) is 1. The highest BCUT2D eigenvalue weighted by molar-refractivity contribution is 6.09. The summed E-state index contributed by atoms with van der Waals surface area (Å²) in [6, 6.07) is 55.1. The maximum absolute atomic E-state index is 4.93. The van der Waals surface area contributed by atoms with Crippen molar-refractivity contribution < 1.29 is 0 Å². The molecule has 12 rings (SSSR count). The Morgan fingerprint density at radius 1 is 0.552 bits per heavy atom. The topological polar surface area (TPSA) is 38.0 Å². The Labute approximate surface area is 335 Å². The van der Waals surface area contributed by atoms with E-state index in [1.54, 1.807) is 0 Å². The van der Waals surface area contributed by atoms with Crippen LogP contribution in [0.2, 0.25) is 0 Å². The third-order valence-corrected chi connectivity index (χ3v) is 12.0. The molecule has 5 nitrogen and oxygen atoms in total.